The van der Waals surface area contributed by atoms with Gasteiger partial charge in [-0.3, -0.25) is 4.90 Å². The van der Waals surface area contributed by atoms with Crippen LogP contribution in [0.15, 0.2) is 42.9 Å². The van der Waals surface area contributed by atoms with E-state index in [1.165, 1.54) is 4.90 Å². The SMILES string of the molecule is O=C(O)N1CNc2nccc(-c3cnn4ccccc34)c21. The van der Waals surface area contributed by atoms with Gasteiger partial charge in [0.1, 0.15) is 6.67 Å². The van der Waals surface area contributed by atoms with Crippen molar-refractivity contribution in [3.05, 3.63) is 42.9 Å². The van der Waals surface area contributed by atoms with Crippen molar-refractivity contribution in [3.63, 3.8) is 0 Å². The van der Waals surface area contributed by atoms with E-state index < -0.39 is 6.09 Å². The number of pyridine rings is 2. The number of fused-ring (bicyclic) bond motifs is 2. The maximum atomic E-state index is 11.4. The van der Waals surface area contributed by atoms with Crippen LogP contribution in [0.4, 0.5) is 16.3 Å². The monoisotopic (exact) mass is 281 g/mol. The van der Waals surface area contributed by atoms with Crippen LogP contribution < -0.4 is 10.2 Å². The summed E-state index contributed by atoms with van der Waals surface area (Å²) in [4.78, 5) is 16.8. The van der Waals surface area contributed by atoms with E-state index in [2.05, 4.69) is 15.4 Å². The van der Waals surface area contributed by atoms with Gasteiger partial charge in [-0.05, 0) is 18.2 Å². The first-order chi connectivity index (χ1) is 10.3. The second-order valence-electron chi connectivity index (χ2n) is 4.69. The van der Waals surface area contributed by atoms with E-state index >= 15 is 0 Å². The van der Waals surface area contributed by atoms with Crippen molar-refractivity contribution in [1.29, 1.82) is 0 Å². The average molecular weight is 281 g/mol. The molecule has 1 amide bonds. The zero-order chi connectivity index (χ0) is 14.4. The van der Waals surface area contributed by atoms with Crippen LogP contribution in [0.3, 0.4) is 0 Å². The molecule has 0 aliphatic carbocycles. The Morgan fingerprint density at radius 1 is 1.29 bits per heavy atom. The molecule has 0 saturated heterocycles. The summed E-state index contributed by atoms with van der Waals surface area (Å²) in [7, 11) is 0. The molecule has 4 rings (SSSR count). The van der Waals surface area contributed by atoms with Crippen LogP contribution >= 0.6 is 0 Å². The van der Waals surface area contributed by atoms with Crippen molar-refractivity contribution in [1.82, 2.24) is 14.6 Å². The van der Waals surface area contributed by atoms with E-state index in [9.17, 15) is 9.90 Å². The molecule has 1 aliphatic rings. The Morgan fingerprint density at radius 3 is 3.05 bits per heavy atom. The predicted molar refractivity (Wildman–Crippen MR) is 77.4 cm³/mol. The lowest BCUT2D eigenvalue weighted by Crippen LogP contribution is -2.28. The molecule has 0 fully saturated rings. The molecule has 0 radical (unpaired) electrons. The molecule has 104 valence electrons. The Kier molecular flexibility index (Phi) is 2.34. The minimum Gasteiger partial charge on any atom is -0.465 e. The lowest BCUT2D eigenvalue weighted by atomic mass is 10.1. The van der Waals surface area contributed by atoms with Crippen LogP contribution in [0, 0.1) is 0 Å². The van der Waals surface area contributed by atoms with Gasteiger partial charge in [0.05, 0.1) is 17.4 Å². The molecule has 0 atom stereocenters. The molecular formula is C14H11N5O2. The number of rotatable bonds is 1. The highest BCUT2D eigenvalue weighted by molar-refractivity contribution is 6.02. The third-order valence-electron chi connectivity index (χ3n) is 3.55. The zero-order valence-electron chi connectivity index (χ0n) is 10.9. The standard InChI is InChI=1S/C14H11N5O2/c20-14(21)18-8-16-13-12(18)9(4-5-15-13)10-7-17-19-6-2-1-3-11(10)19/h1-7H,8H2,(H,15,16)(H,20,21). The molecule has 1 aliphatic heterocycles. The summed E-state index contributed by atoms with van der Waals surface area (Å²) in [5.74, 6) is 0.574. The number of nitrogens with zero attached hydrogens (tertiary/aromatic N) is 4. The fourth-order valence-electron chi connectivity index (χ4n) is 2.61. The van der Waals surface area contributed by atoms with E-state index in [-0.39, 0.29) is 6.67 Å². The van der Waals surface area contributed by atoms with Gasteiger partial charge in [-0.2, -0.15) is 5.10 Å². The quantitative estimate of drug-likeness (QED) is 0.715. The summed E-state index contributed by atoms with van der Waals surface area (Å²) in [5, 5.41) is 16.6. The Labute approximate surface area is 119 Å². The normalized spacial score (nSPS) is 13.2. The van der Waals surface area contributed by atoms with Crippen molar-refractivity contribution in [2.75, 3.05) is 16.9 Å². The first-order valence-electron chi connectivity index (χ1n) is 6.42. The molecule has 3 aromatic heterocycles. The number of nitrogens with one attached hydrogen (secondary N) is 1. The summed E-state index contributed by atoms with van der Waals surface area (Å²) >= 11 is 0. The summed E-state index contributed by atoms with van der Waals surface area (Å²) in [6, 6.07) is 7.58. The second kappa shape index (κ2) is 4.20. The van der Waals surface area contributed by atoms with E-state index in [1.807, 2.05) is 30.5 Å². The third kappa shape index (κ3) is 1.64. The number of aromatic nitrogens is 3. The van der Waals surface area contributed by atoms with Gasteiger partial charge in [-0.25, -0.2) is 14.3 Å². The minimum atomic E-state index is -1.01. The van der Waals surface area contributed by atoms with Crippen LogP contribution in [0.25, 0.3) is 16.6 Å². The molecule has 4 heterocycles. The largest absolute Gasteiger partial charge is 0.465 e. The lowest BCUT2D eigenvalue weighted by Gasteiger charge is -2.14. The Balaban J connectivity index is 1.98. The van der Waals surface area contributed by atoms with Crippen molar-refractivity contribution < 1.29 is 9.90 Å². The number of hydrogen-bond donors (Lipinski definition) is 2. The van der Waals surface area contributed by atoms with Crippen LogP contribution in [-0.2, 0) is 0 Å². The fraction of sp³-hybridized carbons (Fsp3) is 0.0714. The van der Waals surface area contributed by atoms with E-state index in [0.717, 1.165) is 16.6 Å². The van der Waals surface area contributed by atoms with Crippen molar-refractivity contribution >= 4 is 23.1 Å². The summed E-state index contributed by atoms with van der Waals surface area (Å²) in [6.07, 6.45) is 4.25. The van der Waals surface area contributed by atoms with Gasteiger partial charge in [-0.15, -0.1) is 0 Å². The van der Waals surface area contributed by atoms with Gasteiger partial charge < -0.3 is 10.4 Å². The number of hydrogen-bond acceptors (Lipinski definition) is 4. The van der Waals surface area contributed by atoms with Crippen molar-refractivity contribution in [3.8, 4) is 11.1 Å². The Morgan fingerprint density at radius 2 is 2.19 bits per heavy atom. The lowest BCUT2D eigenvalue weighted by molar-refractivity contribution is 0.202. The van der Waals surface area contributed by atoms with Gasteiger partial charge in [-0.1, -0.05) is 6.07 Å². The van der Waals surface area contributed by atoms with Gasteiger partial charge in [0, 0.05) is 23.5 Å². The molecule has 2 N–H and O–H groups in total. The van der Waals surface area contributed by atoms with Gasteiger partial charge >= 0.3 is 6.09 Å². The highest BCUT2D eigenvalue weighted by Crippen LogP contribution is 2.40. The molecule has 21 heavy (non-hydrogen) atoms. The van der Waals surface area contributed by atoms with Crippen molar-refractivity contribution in [2.24, 2.45) is 0 Å². The van der Waals surface area contributed by atoms with E-state index in [0.29, 0.717) is 11.5 Å². The molecule has 7 heteroatoms. The number of carboxylic acid groups (broad SMARTS) is 1. The second-order valence-corrected chi connectivity index (χ2v) is 4.69. The maximum Gasteiger partial charge on any atom is 0.413 e. The summed E-state index contributed by atoms with van der Waals surface area (Å²) in [5.41, 5.74) is 3.17. The minimum absolute atomic E-state index is 0.202. The molecule has 0 unspecified atom stereocenters. The first kappa shape index (κ1) is 11.7. The van der Waals surface area contributed by atoms with Crippen molar-refractivity contribution in [2.45, 2.75) is 0 Å². The fourth-order valence-corrected chi connectivity index (χ4v) is 2.61. The smallest absolute Gasteiger partial charge is 0.413 e. The molecule has 0 saturated carbocycles. The topological polar surface area (TPSA) is 82.8 Å². The summed E-state index contributed by atoms with van der Waals surface area (Å²) < 4.78 is 1.76. The molecule has 0 spiro atoms. The number of carbonyl (C=O) groups is 1. The highest BCUT2D eigenvalue weighted by Gasteiger charge is 2.29. The number of anilines is 2. The van der Waals surface area contributed by atoms with Gasteiger partial charge in [0.15, 0.2) is 5.82 Å². The predicted octanol–water partition coefficient (Wildman–Crippen LogP) is 2.26. The Hall–Kier alpha value is -3.09. The van der Waals surface area contributed by atoms with Crippen LogP contribution in [0.5, 0.6) is 0 Å². The molecule has 0 aromatic carbocycles. The molecule has 3 aromatic rings. The van der Waals surface area contributed by atoms with Crippen LogP contribution in [0.1, 0.15) is 0 Å². The van der Waals surface area contributed by atoms with Gasteiger partial charge in [0.2, 0.25) is 0 Å². The van der Waals surface area contributed by atoms with Crippen LogP contribution in [0.2, 0.25) is 0 Å². The first-order valence-corrected chi connectivity index (χ1v) is 6.42. The number of amides is 1. The van der Waals surface area contributed by atoms with Gasteiger partial charge in [0.25, 0.3) is 0 Å². The molecule has 7 nitrogen and oxygen atoms in total. The third-order valence-corrected chi connectivity index (χ3v) is 3.55. The van der Waals surface area contributed by atoms with E-state index in [1.54, 1.807) is 16.9 Å². The average Bonchev–Trinajstić information content (AvgIpc) is 3.11. The van der Waals surface area contributed by atoms with E-state index in [4.69, 9.17) is 0 Å². The molecule has 0 bridgehead atoms. The maximum absolute atomic E-state index is 11.4. The highest BCUT2D eigenvalue weighted by atomic mass is 16.4. The zero-order valence-corrected chi connectivity index (χ0v) is 10.9. The Bertz CT molecular complexity index is 857. The van der Waals surface area contributed by atoms with Crippen LogP contribution in [-0.4, -0.2) is 32.5 Å². The molecular weight excluding hydrogens is 270 g/mol. The summed E-state index contributed by atoms with van der Waals surface area (Å²) in [6.45, 7) is 0.202.